The first kappa shape index (κ1) is 29.3. The number of carbonyl (C=O) groups is 1. The van der Waals surface area contributed by atoms with Crippen molar-refractivity contribution in [2.75, 3.05) is 27.9 Å². The number of aromatic amines is 1. The average molecular weight is 562 g/mol. The molecule has 0 saturated heterocycles. The highest BCUT2D eigenvalue weighted by Gasteiger charge is 2.30. The second-order valence-corrected chi connectivity index (χ2v) is 9.53. The molecule has 2 N–H and O–H groups in total. The Kier molecular flexibility index (Phi) is 9.68. The first-order valence-corrected chi connectivity index (χ1v) is 13.3. The van der Waals surface area contributed by atoms with Gasteiger partial charge in [0.2, 0.25) is 0 Å². The quantitative estimate of drug-likeness (QED) is 0.233. The molecule has 0 aliphatic heterocycles. The van der Waals surface area contributed by atoms with Gasteiger partial charge in [0.1, 0.15) is 11.5 Å². The number of H-pyrrole nitrogens is 1. The number of carbonyl (C=O) groups excluding carboxylic acids is 1. The molecule has 2 aromatic carbocycles. The zero-order chi connectivity index (χ0) is 29.4. The van der Waals surface area contributed by atoms with Gasteiger partial charge in [-0.3, -0.25) is 9.59 Å². The minimum atomic E-state index is -0.861. The number of rotatable bonds is 13. The summed E-state index contributed by atoms with van der Waals surface area (Å²) in [6.07, 6.45) is 4.22. The molecule has 0 amide bonds. The van der Waals surface area contributed by atoms with Crippen LogP contribution in [0.15, 0.2) is 65.8 Å². The molecule has 2 heterocycles. The number of methoxy groups -OCH3 is 3. The Bertz CT molecular complexity index is 1510. The van der Waals surface area contributed by atoms with E-state index in [1.54, 1.807) is 55.4 Å². The third-order valence-corrected chi connectivity index (χ3v) is 7.03. The summed E-state index contributed by atoms with van der Waals surface area (Å²) < 4.78 is 23.7. The summed E-state index contributed by atoms with van der Waals surface area (Å²) in [7, 11) is 4.43. The number of imidazole rings is 1. The molecule has 2 aromatic heterocycles. The van der Waals surface area contributed by atoms with E-state index in [4.69, 9.17) is 18.9 Å². The monoisotopic (exact) mass is 561 g/mol. The summed E-state index contributed by atoms with van der Waals surface area (Å²) in [5, 5.41) is 11.1. The van der Waals surface area contributed by atoms with Crippen molar-refractivity contribution in [2.45, 2.75) is 38.6 Å². The highest BCUT2D eigenvalue weighted by molar-refractivity contribution is 5.72. The van der Waals surface area contributed by atoms with Gasteiger partial charge in [0.15, 0.2) is 11.5 Å². The lowest BCUT2D eigenvalue weighted by Gasteiger charge is -2.23. The van der Waals surface area contributed by atoms with E-state index < -0.39 is 17.4 Å². The molecule has 4 rings (SSSR count). The van der Waals surface area contributed by atoms with Crippen LogP contribution in [0.4, 0.5) is 0 Å². The normalized spacial score (nSPS) is 11.6. The molecule has 0 saturated carbocycles. The molecule has 0 radical (unpaired) electrons. The summed E-state index contributed by atoms with van der Waals surface area (Å²) >= 11 is 0. The van der Waals surface area contributed by atoms with Gasteiger partial charge in [0.25, 0.3) is 5.56 Å². The average Bonchev–Trinajstić information content (AvgIpc) is 3.50. The number of ether oxygens (including phenoxy) is 4. The fraction of sp³-hybridized carbons (Fsp3) is 0.323. The minimum Gasteiger partial charge on any atom is -0.507 e. The number of esters is 1. The van der Waals surface area contributed by atoms with Crippen molar-refractivity contribution in [1.29, 1.82) is 0 Å². The van der Waals surface area contributed by atoms with Crippen LogP contribution in [0.2, 0.25) is 0 Å². The van der Waals surface area contributed by atoms with E-state index >= 15 is 0 Å². The van der Waals surface area contributed by atoms with Gasteiger partial charge in [-0.05, 0) is 36.8 Å². The predicted molar refractivity (Wildman–Crippen MR) is 153 cm³/mol. The highest BCUT2D eigenvalue weighted by atomic mass is 16.5. The van der Waals surface area contributed by atoms with Gasteiger partial charge in [-0.25, -0.2) is 4.98 Å². The number of nitrogens with zero attached hydrogens (tertiary/aromatic N) is 2. The Hall–Kier alpha value is -4.73. The summed E-state index contributed by atoms with van der Waals surface area (Å²) in [5.74, 6) is -0.00356. The Morgan fingerprint density at radius 3 is 2.51 bits per heavy atom. The van der Waals surface area contributed by atoms with Crippen LogP contribution in [0.5, 0.6) is 23.0 Å². The Labute approximate surface area is 238 Å². The van der Waals surface area contributed by atoms with Gasteiger partial charge in [-0.2, -0.15) is 0 Å². The first-order valence-electron chi connectivity index (χ1n) is 13.3. The van der Waals surface area contributed by atoms with E-state index in [0.717, 1.165) is 17.0 Å². The van der Waals surface area contributed by atoms with Crippen LogP contribution in [0.25, 0.3) is 0 Å². The maximum absolute atomic E-state index is 13.9. The molecule has 10 nitrogen and oxygen atoms in total. The topological polar surface area (TPSA) is 125 Å². The predicted octanol–water partition coefficient (Wildman–Crippen LogP) is 4.16. The van der Waals surface area contributed by atoms with Crippen molar-refractivity contribution in [3.05, 3.63) is 99.5 Å². The van der Waals surface area contributed by atoms with Crippen molar-refractivity contribution in [3.63, 3.8) is 0 Å². The lowest BCUT2D eigenvalue weighted by atomic mass is 9.87. The zero-order valence-electron chi connectivity index (χ0n) is 23.7. The maximum atomic E-state index is 13.9. The second kappa shape index (κ2) is 13.6. The van der Waals surface area contributed by atoms with Gasteiger partial charge in [-0.15, -0.1) is 0 Å². The third kappa shape index (κ3) is 6.89. The van der Waals surface area contributed by atoms with E-state index in [1.165, 1.54) is 14.2 Å². The molecule has 1 atom stereocenters. The molecule has 0 spiro atoms. The number of hydrogen-bond donors (Lipinski definition) is 2. The number of aromatic hydroxyl groups is 1. The number of para-hydroxylation sites is 1. The van der Waals surface area contributed by atoms with Crippen LogP contribution in [0, 0.1) is 6.92 Å². The molecule has 41 heavy (non-hydrogen) atoms. The van der Waals surface area contributed by atoms with Crippen LogP contribution in [0.3, 0.4) is 0 Å². The van der Waals surface area contributed by atoms with Crippen LogP contribution in [-0.2, 0) is 28.9 Å². The molecular weight excluding hydrogens is 526 g/mol. The van der Waals surface area contributed by atoms with E-state index in [9.17, 15) is 14.7 Å². The van der Waals surface area contributed by atoms with Gasteiger partial charge < -0.3 is 33.6 Å². The van der Waals surface area contributed by atoms with Crippen molar-refractivity contribution < 1.29 is 28.8 Å². The summed E-state index contributed by atoms with van der Waals surface area (Å²) in [5.41, 5.74) is 2.72. The van der Waals surface area contributed by atoms with E-state index in [1.807, 2.05) is 24.3 Å². The lowest BCUT2D eigenvalue weighted by Crippen LogP contribution is -2.29. The van der Waals surface area contributed by atoms with Crippen molar-refractivity contribution >= 4 is 5.97 Å². The van der Waals surface area contributed by atoms with Gasteiger partial charge in [0, 0.05) is 48.5 Å². The number of hydrogen-bond acceptors (Lipinski definition) is 8. The zero-order valence-corrected chi connectivity index (χ0v) is 23.7. The maximum Gasteiger partial charge on any atom is 0.306 e. The van der Waals surface area contributed by atoms with Gasteiger partial charge >= 0.3 is 5.97 Å². The van der Waals surface area contributed by atoms with Crippen molar-refractivity contribution in [1.82, 2.24) is 14.5 Å². The van der Waals surface area contributed by atoms with Crippen LogP contribution in [-0.4, -0.2) is 53.5 Å². The summed E-state index contributed by atoms with van der Waals surface area (Å²) in [6.45, 7) is 2.42. The molecule has 4 aromatic rings. The van der Waals surface area contributed by atoms with Crippen LogP contribution in [0.1, 0.15) is 40.4 Å². The summed E-state index contributed by atoms with van der Waals surface area (Å²) in [4.78, 5) is 33.6. The number of benzene rings is 2. The molecule has 0 aliphatic carbocycles. The molecule has 216 valence electrons. The molecule has 0 unspecified atom stereocenters. The Balaban J connectivity index is 1.73. The fourth-order valence-electron chi connectivity index (χ4n) is 4.83. The minimum absolute atomic E-state index is 0.0823. The van der Waals surface area contributed by atoms with Crippen molar-refractivity contribution in [2.24, 2.45) is 0 Å². The fourth-order valence-corrected chi connectivity index (χ4v) is 4.83. The number of aromatic nitrogens is 3. The SMILES string of the molecule is COC(=O)C[C@@H](c1cccc(OC)c1OCCc1ccc(OC)cc1)c1c(O)cc(C)n(CCc2cnc[nH]2)c1=O. The number of nitrogens with one attached hydrogen (secondary N) is 1. The van der Waals surface area contributed by atoms with E-state index in [0.29, 0.717) is 48.7 Å². The van der Waals surface area contributed by atoms with E-state index in [2.05, 4.69) is 9.97 Å². The van der Waals surface area contributed by atoms with Crippen molar-refractivity contribution in [3.8, 4) is 23.0 Å². The molecular formula is C31H35N3O7. The molecule has 10 heteroatoms. The molecule has 0 fully saturated rings. The Morgan fingerprint density at radius 1 is 1.07 bits per heavy atom. The first-order chi connectivity index (χ1) is 19.9. The Morgan fingerprint density at radius 2 is 1.85 bits per heavy atom. The van der Waals surface area contributed by atoms with Crippen LogP contribution < -0.4 is 19.8 Å². The highest BCUT2D eigenvalue weighted by Crippen LogP contribution is 2.42. The smallest absolute Gasteiger partial charge is 0.306 e. The lowest BCUT2D eigenvalue weighted by molar-refractivity contribution is -0.140. The van der Waals surface area contributed by atoms with Crippen LogP contribution >= 0.6 is 0 Å². The number of pyridine rings is 1. The van der Waals surface area contributed by atoms with Gasteiger partial charge in [0.05, 0.1) is 46.2 Å². The second-order valence-electron chi connectivity index (χ2n) is 9.53. The molecule has 0 bridgehead atoms. The van der Waals surface area contributed by atoms with E-state index in [-0.39, 0.29) is 17.7 Å². The standard InChI is InChI=1S/C31H35N3O7/c1-20-16-26(35)29(31(37)34(20)14-12-22-18-32-19-33-22)25(17-28(36)40-4)24-6-5-7-27(39-3)30(24)41-15-13-21-8-10-23(38-2)11-9-21/h5-11,16,18-19,25,35H,12-15,17H2,1-4H3,(H,32,33)/t25-/m0/s1. The number of aryl methyl sites for hydroxylation is 2. The molecule has 0 aliphatic rings. The third-order valence-electron chi connectivity index (χ3n) is 7.03. The largest absolute Gasteiger partial charge is 0.507 e. The summed E-state index contributed by atoms with van der Waals surface area (Å²) in [6, 6.07) is 14.5. The van der Waals surface area contributed by atoms with Gasteiger partial charge in [-0.1, -0.05) is 24.3 Å².